The lowest BCUT2D eigenvalue weighted by Crippen LogP contribution is -2.47. The SMILES string of the molecule is CN(Cc1cccnc1)C(=O)C(C)(C)Oc1ccc(Cl)cc1. The van der Waals surface area contributed by atoms with Crippen molar-refractivity contribution in [1.82, 2.24) is 9.88 Å². The third-order valence-electron chi connectivity index (χ3n) is 3.19. The first kappa shape index (κ1) is 16.3. The van der Waals surface area contributed by atoms with Gasteiger partial charge in [-0.3, -0.25) is 9.78 Å². The highest BCUT2D eigenvalue weighted by Gasteiger charge is 2.32. The third kappa shape index (κ3) is 4.21. The summed E-state index contributed by atoms with van der Waals surface area (Å²) in [5, 5.41) is 0.630. The number of hydrogen-bond acceptors (Lipinski definition) is 3. The summed E-state index contributed by atoms with van der Waals surface area (Å²) in [6, 6.07) is 10.7. The maximum atomic E-state index is 12.6. The fraction of sp³-hybridized carbons (Fsp3) is 0.294. The molecule has 116 valence electrons. The second kappa shape index (κ2) is 6.79. The van der Waals surface area contributed by atoms with Crippen molar-refractivity contribution in [2.24, 2.45) is 0 Å². The van der Waals surface area contributed by atoms with Crippen molar-refractivity contribution in [2.45, 2.75) is 26.0 Å². The van der Waals surface area contributed by atoms with E-state index in [4.69, 9.17) is 16.3 Å². The smallest absolute Gasteiger partial charge is 0.266 e. The molecule has 0 fully saturated rings. The maximum Gasteiger partial charge on any atom is 0.266 e. The molecule has 0 aliphatic heterocycles. The molecule has 4 nitrogen and oxygen atoms in total. The Morgan fingerprint density at radius 1 is 1.27 bits per heavy atom. The summed E-state index contributed by atoms with van der Waals surface area (Å²) in [6.45, 7) is 3.99. The molecule has 0 aliphatic carbocycles. The van der Waals surface area contributed by atoms with Gasteiger partial charge in [0.1, 0.15) is 5.75 Å². The van der Waals surface area contributed by atoms with Gasteiger partial charge >= 0.3 is 0 Å². The molecule has 0 unspecified atom stereocenters. The van der Waals surface area contributed by atoms with E-state index >= 15 is 0 Å². The molecule has 2 aromatic rings. The quantitative estimate of drug-likeness (QED) is 0.846. The number of amides is 1. The second-order valence-electron chi connectivity index (χ2n) is 5.59. The van der Waals surface area contributed by atoms with Crippen LogP contribution in [0.5, 0.6) is 5.75 Å². The predicted molar refractivity (Wildman–Crippen MR) is 86.9 cm³/mol. The lowest BCUT2D eigenvalue weighted by atomic mass is 10.1. The molecule has 0 bridgehead atoms. The first-order valence-corrected chi connectivity index (χ1v) is 7.35. The van der Waals surface area contributed by atoms with E-state index in [1.807, 2.05) is 12.1 Å². The third-order valence-corrected chi connectivity index (χ3v) is 3.44. The van der Waals surface area contributed by atoms with Gasteiger partial charge in [0, 0.05) is 31.0 Å². The van der Waals surface area contributed by atoms with E-state index in [2.05, 4.69) is 4.98 Å². The summed E-state index contributed by atoms with van der Waals surface area (Å²) in [6.07, 6.45) is 3.45. The van der Waals surface area contributed by atoms with E-state index < -0.39 is 5.60 Å². The number of carbonyl (C=O) groups excluding carboxylic acids is 1. The van der Waals surface area contributed by atoms with Gasteiger partial charge in [-0.1, -0.05) is 17.7 Å². The maximum absolute atomic E-state index is 12.6. The molecular weight excluding hydrogens is 300 g/mol. The molecule has 0 saturated heterocycles. The summed E-state index contributed by atoms with van der Waals surface area (Å²) < 4.78 is 5.81. The first-order chi connectivity index (χ1) is 10.4. The molecule has 22 heavy (non-hydrogen) atoms. The van der Waals surface area contributed by atoms with Gasteiger partial charge < -0.3 is 9.64 Å². The highest BCUT2D eigenvalue weighted by atomic mass is 35.5. The van der Waals surface area contributed by atoms with E-state index in [0.29, 0.717) is 17.3 Å². The van der Waals surface area contributed by atoms with E-state index in [1.165, 1.54) is 0 Å². The number of aromatic nitrogens is 1. The number of hydrogen-bond donors (Lipinski definition) is 0. The number of likely N-dealkylation sites (N-methyl/N-ethyl adjacent to an activating group) is 1. The number of nitrogens with zero attached hydrogens (tertiary/aromatic N) is 2. The molecule has 0 atom stereocenters. The molecule has 5 heteroatoms. The Hall–Kier alpha value is -2.07. The van der Waals surface area contributed by atoms with Gasteiger partial charge in [0.05, 0.1) is 0 Å². The fourth-order valence-electron chi connectivity index (χ4n) is 2.14. The Morgan fingerprint density at radius 3 is 2.55 bits per heavy atom. The van der Waals surface area contributed by atoms with Crippen molar-refractivity contribution in [2.75, 3.05) is 7.05 Å². The number of pyridine rings is 1. The predicted octanol–water partition coefficient (Wildman–Crippen LogP) is 3.55. The van der Waals surface area contributed by atoms with E-state index in [-0.39, 0.29) is 5.91 Å². The van der Waals surface area contributed by atoms with Crippen LogP contribution in [0.1, 0.15) is 19.4 Å². The minimum Gasteiger partial charge on any atom is -0.478 e. The molecule has 1 amide bonds. The van der Waals surface area contributed by atoms with Crippen molar-refractivity contribution < 1.29 is 9.53 Å². The van der Waals surface area contributed by atoms with Gasteiger partial charge in [0.25, 0.3) is 5.91 Å². The topological polar surface area (TPSA) is 42.4 Å². The standard InChI is InChI=1S/C17H19ClN2O2/c1-17(2,22-15-8-6-14(18)7-9-15)16(21)20(3)12-13-5-4-10-19-11-13/h4-11H,12H2,1-3H3. The van der Waals surface area contributed by atoms with Gasteiger partial charge in [-0.15, -0.1) is 0 Å². The zero-order valence-corrected chi connectivity index (χ0v) is 13.7. The van der Waals surface area contributed by atoms with Crippen molar-refractivity contribution >= 4 is 17.5 Å². The van der Waals surface area contributed by atoms with Crippen LogP contribution in [0.15, 0.2) is 48.8 Å². The van der Waals surface area contributed by atoms with Gasteiger partial charge in [0.2, 0.25) is 0 Å². The van der Waals surface area contributed by atoms with Crippen LogP contribution in [-0.2, 0) is 11.3 Å². The summed E-state index contributed by atoms with van der Waals surface area (Å²) >= 11 is 5.85. The largest absolute Gasteiger partial charge is 0.478 e. The number of rotatable bonds is 5. The lowest BCUT2D eigenvalue weighted by Gasteiger charge is -2.30. The average molecular weight is 319 g/mol. The fourth-order valence-corrected chi connectivity index (χ4v) is 2.26. The highest BCUT2D eigenvalue weighted by molar-refractivity contribution is 6.30. The van der Waals surface area contributed by atoms with E-state index in [9.17, 15) is 4.79 Å². The van der Waals surface area contributed by atoms with E-state index in [1.54, 1.807) is 62.5 Å². The molecule has 1 aromatic heterocycles. The summed E-state index contributed by atoms with van der Waals surface area (Å²) in [4.78, 5) is 18.3. The zero-order chi connectivity index (χ0) is 16.2. The lowest BCUT2D eigenvalue weighted by molar-refractivity contribution is -0.144. The molecule has 1 aromatic carbocycles. The zero-order valence-electron chi connectivity index (χ0n) is 12.9. The molecule has 0 saturated carbocycles. The molecule has 0 N–H and O–H groups in total. The van der Waals surface area contributed by atoms with Crippen molar-refractivity contribution in [3.8, 4) is 5.75 Å². The van der Waals surface area contributed by atoms with Crippen LogP contribution < -0.4 is 4.74 Å². The summed E-state index contributed by atoms with van der Waals surface area (Å²) in [5.41, 5.74) is 0.00535. The molecule has 0 spiro atoms. The summed E-state index contributed by atoms with van der Waals surface area (Å²) in [5.74, 6) is 0.504. The van der Waals surface area contributed by atoms with Gasteiger partial charge in [-0.25, -0.2) is 0 Å². The normalized spacial score (nSPS) is 11.1. The molecule has 1 heterocycles. The number of ether oxygens (including phenoxy) is 1. The Bertz CT molecular complexity index is 627. The van der Waals surface area contributed by atoms with Crippen molar-refractivity contribution in [3.63, 3.8) is 0 Å². The Balaban J connectivity index is 2.04. The molecule has 0 radical (unpaired) electrons. The Labute approximate surface area is 135 Å². The van der Waals surface area contributed by atoms with Crippen LogP contribution in [0.4, 0.5) is 0 Å². The van der Waals surface area contributed by atoms with Gasteiger partial charge in [-0.05, 0) is 49.7 Å². The number of halogens is 1. The second-order valence-corrected chi connectivity index (χ2v) is 6.03. The minimum absolute atomic E-state index is 0.105. The Morgan fingerprint density at radius 2 is 1.95 bits per heavy atom. The monoisotopic (exact) mass is 318 g/mol. The Kier molecular flexibility index (Phi) is 5.03. The summed E-state index contributed by atoms with van der Waals surface area (Å²) in [7, 11) is 1.75. The average Bonchev–Trinajstić information content (AvgIpc) is 2.49. The minimum atomic E-state index is -0.967. The van der Waals surface area contributed by atoms with Crippen molar-refractivity contribution in [1.29, 1.82) is 0 Å². The number of benzene rings is 1. The first-order valence-electron chi connectivity index (χ1n) is 6.97. The highest BCUT2D eigenvalue weighted by Crippen LogP contribution is 2.22. The molecule has 2 rings (SSSR count). The van der Waals surface area contributed by atoms with Crippen LogP contribution in [0.2, 0.25) is 5.02 Å². The van der Waals surface area contributed by atoms with Crippen LogP contribution in [0.25, 0.3) is 0 Å². The van der Waals surface area contributed by atoms with Crippen LogP contribution >= 0.6 is 11.6 Å². The number of carbonyl (C=O) groups is 1. The van der Waals surface area contributed by atoms with Gasteiger partial charge in [-0.2, -0.15) is 0 Å². The van der Waals surface area contributed by atoms with Crippen LogP contribution in [0, 0.1) is 0 Å². The van der Waals surface area contributed by atoms with E-state index in [0.717, 1.165) is 5.56 Å². The molecular formula is C17H19ClN2O2. The molecule has 0 aliphatic rings. The van der Waals surface area contributed by atoms with Crippen molar-refractivity contribution in [3.05, 3.63) is 59.4 Å². The van der Waals surface area contributed by atoms with Gasteiger partial charge in [0.15, 0.2) is 5.60 Å². The van der Waals surface area contributed by atoms with Crippen LogP contribution in [-0.4, -0.2) is 28.4 Å². The van der Waals surface area contributed by atoms with Crippen LogP contribution in [0.3, 0.4) is 0 Å².